The fraction of sp³-hybridized carbons (Fsp3) is 0.316. The lowest BCUT2D eigenvalue weighted by atomic mass is 10.1. The van der Waals surface area contributed by atoms with Crippen LogP contribution in [0.4, 0.5) is 5.69 Å². The molecule has 0 saturated carbocycles. The van der Waals surface area contributed by atoms with Gasteiger partial charge in [-0.1, -0.05) is 41.9 Å². The van der Waals surface area contributed by atoms with E-state index < -0.39 is 10.0 Å². The van der Waals surface area contributed by atoms with E-state index in [-0.39, 0.29) is 24.7 Å². The molecule has 1 N–H and O–H groups in total. The van der Waals surface area contributed by atoms with E-state index in [9.17, 15) is 13.2 Å². The fourth-order valence-electron chi connectivity index (χ4n) is 2.59. The summed E-state index contributed by atoms with van der Waals surface area (Å²) in [5.74, 6) is -0.0984. The molecule has 1 amide bonds. The minimum Gasteiger partial charge on any atom is -0.311 e. The summed E-state index contributed by atoms with van der Waals surface area (Å²) in [4.78, 5) is 13.3. The largest absolute Gasteiger partial charge is 0.311 e. The van der Waals surface area contributed by atoms with Gasteiger partial charge in [0.1, 0.15) is 0 Å². The third-order valence-corrected chi connectivity index (χ3v) is 5.62. The second-order valence-corrected chi connectivity index (χ2v) is 8.31. The smallest absolute Gasteiger partial charge is 0.223 e. The van der Waals surface area contributed by atoms with Gasteiger partial charge in [-0.25, -0.2) is 13.1 Å². The van der Waals surface area contributed by atoms with Gasteiger partial charge < -0.3 is 4.90 Å². The average molecular weight is 395 g/mol. The Morgan fingerprint density at radius 3 is 2.35 bits per heavy atom. The molecule has 0 fully saturated rings. The molecular formula is C19H23ClN2O3S. The summed E-state index contributed by atoms with van der Waals surface area (Å²) in [5, 5.41) is 0.580. The monoisotopic (exact) mass is 394 g/mol. The zero-order chi connectivity index (χ0) is 19.0. The molecule has 0 unspecified atom stereocenters. The Bertz CT molecular complexity index is 808. The van der Waals surface area contributed by atoms with Crippen molar-refractivity contribution in [2.75, 3.05) is 23.7 Å². The highest BCUT2D eigenvalue weighted by Crippen LogP contribution is 2.17. The summed E-state index contributed by atoms with van der Waals surface area (Å²) in [5.41, 5.74) is 1.80. The molecular weight excluding hydrogens is 372 g/mol. The number of sulfonamides is 1. The van der Waals surface area contributed by atoms with Gasteiger partial charge in [-0.05, 0) is 42.7 Å². The van der Waals surface area contributed by atoms with Crippen molar-refractivity contribution < 1.29 is 13.2 Å². The minimum atomic E-state index is -3.37. The minimum absolute atomic E-state index is 0.0584. The van der Waals surface area contributed by atoms with Crippen molar-refractivity contribution in [1.82, 2.24) is 4.72 Å². The van der Waals surface area contributed by atoms with E-state index in [1.54, 1.807) is 24.3 Å². The molecule has 140 valence electrons. The second kappa shape index (κ2) is 9.71. The van der Waals surface area contributed by atoms with Gasteiger partial charge in [-0.15, -0.1) is 0 Å². The molecule has 0 aromatic heterocycles. The number of amides is 1. The number of hydrogen-bond acceptors (Lipinski definition) is 3. The molecule has 0 aliphatic heterocycles. The number of benzene rings is 2. The molecule has 7 heteroatoms. The molecule has 0 radical (unpaired) electrons. The number of rotatable bonds is 9. The lowest BCUT2D eigenvalue weighted by Crippen LogP contribution is -2.38. The number of nitrogens with zero attached hydrogens (tertiary/aromatic N) is 1. The number of halogens is 1. The fourth-order valence-corrected chi connectivity index (χ4v) is 3.78. The van der Waals surface area contributed by atoms with Gasteiger partial charge >= 0.3 is 0 Å². The van der Waals surface area contributed by atoms with Gasteiger partial charge in [0, 0.05) is 30.7 Å². The van der Waals surface area contributed by atoms with E-state index in [1.165, 1.54) is 11.8 Å². The molecule has 0 aliphatic carbocycles. The highest BCUT2D eigenvalue weighted by molar-refractivity contribution is 7.89. The van der Waals surface area contributed by atoms with Crippen LogP contribution < -0.4 is 9.62 Å². The van der Waals surface area contributed by atoms with Crippen LogP contribution in [0.5, 0.6) is 0 Å². The van der Waals surface area contributed by atoms with Gasteiger partial charge in [-0.3, -0.25) is 4.79 Å². The summed E-state index contributed by atoms with van der Waals surface area (Å²) >= 11 is 5.86. The number of carbonyl (C=O) groups is 1. The molecule has 0 bridgehead atoms. The van der Waals surface area contributed by atoms with Crippen LogP contribution >= 0.6 is 11.6 Å². The summed E-state index contributed by atoms with van der Waals surface area (Å²) in [6.07, 6.45) is 1.26. The van der Waals surface area contributed by atoms with Crippen LogP contribution in [-0.4, -0.2) is 33.2 Å². The Morgan fingerprint density at radius 2 is 1.73 bits per heavy atom. The van der Waals surface area contributed by atoms with Crippen molar-refractivity contribution >= 4 is 33.2 Å². The van der Waals surface area contributed by atoms with Crippen LogP contribution in [0.1, 0.15) is 18.9 Å². The van der Waals surface area contributed by atoms with E-state index >= 15 is 0 Å². The Morgan fingerprint density at radius 1 is 1.08 bits per heavy atom. The summed E-state index contributed by atoms with van der Waals surface area (Å²) in [7, 11) is -3.37. The lowest BCUT2D eigenvalue weighted by molar-refractivity contribution is -0.116. The van der Waals surface area contributed by atoms with Gasteiger partial charge in [0.05, 0.1) is 5.75 Å². The zero-order valence-electron chi connectivity index (χ0n) is 14.7. The number of carbonyl (C=O) groups excluding carboxylic acids is 1. The van der Waals surface area contributed by atoms with E-state index in [2.05, 4.69) is 4.72 Å². The molecule has 2 aromatic rings. The lowest BCUT2D eigenvalue weighted by Gasteiger charge is -2.21. The first-order valence-electron chi connectivity index (χ1n) is 8.42. The molecule has 0 aliphatic rings. The van der Waals surface area contributed by atoms with Crippen molar-refractivity contribution in [2.24, 2.45) is 0 Å². The molecule has 0 saturated heterocycles. The van der Waals surface area contributed by atoms with Crippen molar-refractivity contribution in [2.45, 2.75) is 19.8 Å². The SMILES string of the molecule is CC(=O)N(CCNS(=O)(=O)CCCc1ccccc1)c1ccc(Cl)cc1. The third kappa shape index (κ3) is 6.78. The predicted octanol–water partition coefficient (Wildman–Crippen LogP) is 3.25. The molecule has 0 spiro atoms. The van der Waals surface area contributed by atoms with Crippen LogP contribution in [0.15, 0.2) is 54.6 Å². The Kier molecular flexibility index (Phi) is 7.63. The number of anilines is 1. The van der Waals surface area contributed by atoms with Crippen molar-refractivity contribution in [3.63, 3.8) is 0 Å². The van der Waals surface area contributed by atoms with E-state index in [4.69, 9.17) is 11.6 Å². The van der Waals surface area contributed by atoms with Crippen molar-refractivity contribution in [3.8, 4) is 0 Å². The van der Waals surface area contributed by atoms with Crippen LogP contribution in [0.25, 0.3) is 0 Å². The van der Waals surface area contributed by atoms with E-state index in [0.29, 0.717) is 23.6 Å². The number of hydrogen-bond donors (Lipinski definition) is 1. The van der Waals surface area contributed by atoms with Gasteiger partial charge in [0.25, 0.3) is 0 Å². The average Bonchev–Trinajstić information content (AvgIpc) is 2.60. The Labute approximate surface area is 160 Å². The normalized spacial score (nSPS) is 11.3. The highest BCUT2D eigenvalue weighted by atomic mass is 35.5. The summed E-state index contributed by atoms with van der Waals surface area (Å²) < 4.78 is 26.8. The van der Waals surface area contributed by atoms with Crippen molar-refractivity contribution in [3.05, 3.63) is 65.2 Å². The number of nitrogens with one attached hydrogen (secondary N) is 1. The maximum absolute atomic E-state index is 12.1. The predicted molar refractivity (Wildman–Crippen MR) is 106 cm³/mol. The second-order valence-electron chi connectivity index (χ2n) is 5.95. The first kappa shape index (κ1) is 20.4. The first-order valence-corrected chi connectivity index (χ1v) is 10.5. The molecule has 2 rings (SSSR count). The highest BCUT2D eigenvalue weighted by Gasteiger charge is 2.14. The first-order chi connectivity index (χ1) is 12.4. The Hall–Kier alpha value is -1.89. The third-order valence-electron chi connectivity index (χ3n) is 3.90. The molecule has 5 nitrogen and oxygen atoms in total. The summed E-state index contributed by atoms with van der Waals surface area (Å²) in [6, 6.07) is 16.6. The molecule has 0 heterocycles. The van der Waals surface area contributed by atoms with E-state index in [0.717, 1.165) is 5.56 Å². The number of aryl methyl sites for hydroxylation is 1. The maximum Gasteiger partial charge on any atom is 0.223 e. The molecule has 26 heavy (non-hydrogen) atoms. The zero-order valence-corrected chi connectivity index (χ0v) is 16.3. The van der Waals surface area contributed by atoms with Crippen LogP contribution in [0.3, 0.4) is 0 Å². The van der Waals surface area contributed by atoms with Crippen LogP contribution in [-0.2, 0) is 21.2 Å². The van der Waals surface area contributed by atoms with Crippen molar-refractivity contribution in [1.29, 1.82) is 0 Å². The van der Waals surface area contributed by atoms with Gasteiger partial charge in [0.15, 0.2) is 0 Å². The molecule has 2 aromatic carbocycles. The standard InChI is InChI=1S/C19H23ClN2O3S/c1-16(23)22(19-11-9-18(20)10-12-19)14-13-21-26(24,25)15-5-8-17-6-3-2-4-7-17/h2-4,6-7,9-12,21H,5,8,13-15H2,1H3. The van der Waals surface area contributed by atoms with Crippen LogP contribution in [0.2, 0.25) is 5.02 Å². The summed E-state index contributed by atoms with van der Waals surface area (Å²) in [6.45, 7) is 1.87. The maximum atomic E-state index is 12.1. The van der Waals surface area contributed by atoms with Crippen LogP contribution in [0, 0.1) is 0 Å². The quantitative estimate of drug-likeness (QED) is 0.709. The van der Waals surface area contributed by atoms with Gasteiger partial charge in [-0.2, -0.15) is 0 Å². The molecule has 0 atom stereocenters. The Balaban J connectivity index is 1.81. The van der Waals surface area contributed by atoms with E-state index in [1.807, 2.05) is 30.3 Å². The van der Waals surface area contributed by atoms with Gasteiger partial charge in [0.2, 0.25) is 15.9 Å². The topological polar surface area (TPSA) is 66.5 Å².